The Morgan fingerprint density at radius 1 is 0.634 bits per heavy atom. The third kappa shape index (κ3) is 23.0. The van der Waals surface area contributed by atoms with Crippen molar-refractivity contribution in [2.75, 3.05) is 26.4 Å². The lowest BCUT2D eigenvalue weighted by molar-refractivity contribution is -0.379. The molecule has 3 aliphatic heterocycles. The first-order valence-electron chi connectivity index (χ1n) is 26.5. The largest absolute Gasteiger partial charge is 0.476 e. The molecule has 0 amide bonds. The summed E-state index contributed by atoms with van der Waals surface area (Å²) in [7, 11) is 0. The molecule has 0 spiro atoms. The number of esters is 1. The highest BCUT2D eigenvalue weighted by atomic mass is 16.8. The molecule has 3 unspecified atom stereocenters. The number of hydrogen-bond acceptors (Lipinski definition) is 19. The minimum absolute atomic E-state index is 0.0178. The lowest BCUT2D eigenvalue weighted by atomic mass is 9.90. The van der Waals surface area contributed by atoms with Gasteiger partial charge in [-0.15, -0.1) is 0 Å². The lowest BCUT2D eigenvalue weighted by Gasteiger charge is -2.47. The van der Waals surface area contributed by atoms with Gasteiger partial charge >= 0.3 is 11.9 Å². The Labute approximate surface area is 420 Å². The van der Waals surface area contributed by atoms with Crippen molar-refractivity contribution < 1.29 is 97.9 Å². The van der Waals surface area contributed by atoms with Crippen molar-refractivity contribution in [2.45, 2.75) is 262 Å². The number of Topliss-reactive ketones (excluding diaryl/α,β-unsaturated/α-hetero) is 2. The number of hydrogen-bond donors (Lipinski definition) is 8. The van der Waals surface area contributed by atoms with E-state index in [1.165, 1.54) is 6.92 Å². The molecule has 0 aliphatic carbocycles. The lowest BCUT2D eigenvalue weighted by Crippen LogP contribution is -2.63. The third-order valence-electron chi connectivity index (χ3n) is 13.5. The standard InChI is InChI=1S/C51H90O20/c1-6-7-21-34(22-20-25-36(54)35(53)23-18-16-14-12-10-8-9-11-13-15-17-19-24-37(55)48(62)63)68-50-46(43(60)38(56)28-66-50)71-51-47(44(61)39(57)29-67-51)70-49-42(59)33(5)45(65-27-32(4)52)40(69-49)30-64-41(58)26-31(2)3/h31,33-36,38-40,42-47,49-51,53-54,56-57,59-61H,6-30H2,1-5H3,(H,62,63)/t33?,34-,35+,36+,38+,39+,40+,42+,43?,44-,45-,46+,47+,49-,50-,51?/m1/s1. The van der Waals surface area contributed by atoms with Gasteiger partial charge < -0.3 is 78.7 Å². The summed E-state index contributed by atoms with van der Waals surface area (Å²) < 4.78 is 47.9. The van der Waals surface area contributed by atoms with Gasteiger partial charge in [0.15, 0.2) is 24.7 Å². The number of carbonyl (C=O) groups is 4. The van der Waals surface area contributed by atoms with Crippen LogP contribution in [0.25, 0.3) is 0 Å². The van der Waals surface area contributed by atoms with Gasteiger partial charge in [-0.05, 0) is 51.4 Å². The van der Waals surface area contributed by atoms with E-state index in [2.05, 4.69) is 0 Å². The van der Waals surface area contributed by atoms with Gasteiger partial charge in [0, 0.05) is 18.8 Å². The van der Waals surface area contributed by atoms with Gasteiger partial charge in [-0.1, -0.05) is 111 Å². The Bertz CT molecular complexity index is 1500. The molecule has 0 radical (unpaired) electrons. The SMILES string of the molecule is CCCC[C@H](CCC[C@H](O)[C@@H](O)CCCCCCCCCCCCCCC(=O)C(=O)O)O[C@H]1OC[C@H](O)C(O)[C@@H]1OC1OC[C@H](O)[C@@H](O)[C@@H]1O[C@H]1O[C@@H](COC(=O)CC(C)C)[C@H](OCC(C)=O)C(C)[C@@H]1O. The molecule has 3 aliphatic rings. The summed E-state index contributed by atoms with van der Waals surface area (Å²) in [5.74, 6) is -3.59. The Hall–Kier alpha value is -2.28. The van der Waals surface area contributed by atoms with E-state index >= 15 is 0 Å². The van der Waals surface area contributed by atoms with E-state index < -0.39 is 122 Å². The van der Waals surface area contributed by atoms with Crippen molar-refractivity contribution in [3.63, 3.8) is 0 Å². The Morgan fingerprint density at radius 3 is 1.69 bits per heavy atom. The Balaban J connectivity index is 1.53. The molecule has 20 heteroatoms. The number of carbonyl (C=O) groups excluding carboxylic acids is 3. The second kappa shape index (κ2) is 34.3. The van der Waals surface area contributed by atoms with Crippen LogP contribution in [0.4, 0.5) is 0 Å². The third-order valence-corrected chi connectivity index (χ3v) is 13.5. The second-order valence-electron chi connectivity index (χ2n) is 20.3. The zero-order valence-corrected chi connectivity index (χ0v) is 43.0. The molecule has 0 saturated carbocycles. The Kier molecular flexibility index (Phi) is 30.5. The fourth-order valence-electron chi connectivity index (χ4n) is 9.12. The first kappa shape index (κ1) is 63.0. The number of unbranched alkanes of at least 4 members (excludes halogenated alkanes) is 12. The van der Waals surface area contributed by atoms with Crippen molar-refractivity contribution >= 4 is 23.5 Å². The first-order chi connectivity index (χ1) is 33.8. The van der Waals surface area contributed by atoms with Gasteiger partial charge in [-0.25, -0.2) is 4.79 Å². The van der Waals surface area contributed by atoms with Crippen molar-refractivity contribution in [3.05, 3.63) is 0 Å². The molecule has 0 aromatic heterocycles. The van der Waals surface area contributed by atoms with E-state index in [1.54, 1.807) is 6.92 Å². The van der Waals surface area contributed by atoms with Crippen LogP contribution in [0.2, 0.25) is 0 Å². The molecule has 16 atom stereocenters. The molecule has 20 nitrogen and oxygen atoms in total. The van der Waals surface area contributed by atoms with Crippen LogP contribution in [0.5, 0.6) is 0 Å². The Morgan fingerprint density at radius 2 is 1.14 bits per heavy atom. The van der Waals surface area contributed by atoms with Crippen LogP contribution >= 0.6 is 0 Å². The summed E-state index contributed by atoms with van der Waals surface area (Å²) in [6, 6.07) is 0. The molecule has 0 aromatic rings. The summed E-state index contributed by atoms with van der Waals surface area (Å²) in [6.45, 7) is 7.41. The van der Waals surface area contributed by atoms with E-state index in [1.807, 2.05) is 20.8 Å². The summed E-state index contributed by atoms with van der Waals surface area (Å²) in [5.41, 5.74) is 0. The monoisotopic (exact) mass is 1020 g/mol. The van der Waals surface area contributed by atoms with Gasteiger partial charge in [0.1, 0.15) is 62.0 Å². The van der Waals surface area contributed by atoms with E-state index in [-0.39, 0.29) is 44.4 Å². The van der Waals surface area contributed by atoms with Gasteiger partial charge in [0.2, 0.25) is 5.78 Å². The normalized spacial score (nSPS) is 30.5. The van der Waals surface area contributed by atoms with E-state index in [9.17, 15) is 54.9 Å². The number of carboxylic acids is 1. The van der Waals surface area contributed by atoms with Gasteiger partial charge in [0.05, 0.1) is 37.6 Å². The fraction of sp³-hybridized carbons (Fsp3) is 0.922. The summed E-state index contributed by atoms with van der Waals surface area (Å²) >= 11 is 0. The van der Waals surface area contributed by atoms with Crippen LogP contribution in [0, 0.1) is 11.8 Å². The molecule has 414 valence electrons. The topological polar surface area (TPSA) is 304 Å². The summed E-state index contributed by atoms with van der Waals surface area (Å²) in [4.78, 5) is 46.1. The van der Waals surface area contributed by atoms with Crippen molar-refractivity contribution in [1.82, 2.24) is 0 Å². The first-order valence-corrected chi connectivity index (χ1v) is 26.5. The minimum Gasteiger partial charge on any atom is -0.476 e. The highest BCUT2D eigenvalue weighted by Gasteiger charge is 2.51. The predicted molar refractivity (Wildman–Crippen MR) is 255 cm³/mol. The second-order valence-corrected chi connectivity index (χ2v) is 20.3. The highest BCUT2D eigenvalue weighted by Crippen LogP contribution is 2.34. The smallest absolute Gasteiger partial charge is 0.372 e. The highest BCUT2D eigenvalue weighted by molar-refractivity contribution is 6.32. The number of rotatable bonds is 37. The minimum atomic E-state index is -1.66. The molecule has 3 fully saturated rings. The zero-order chi connectivity index (χ0) is 52.5. The molecule has 0 bridgehead atoms. The van der Waals surface area contributed by atoms with Crippen LogP contribution in [-0.2, 0) is 57.1 Å². The van der Waals surface area contributed by atoms with E-state index in [0.717, 1.165) is 83.5 Å². The maximum Gasteiger partial charge on any atom is 0.372 e. The van der Waals surface area contributed by atoms with Crippen LogP contribution in [0.1, 0.15) is 169 Å². The van der Waals surface area contributed by atoms with E-state index in [0.29, 0.717) is 38.5 Å². The molecular formula is C51H90O20. The molecular weight excluding hydrogens is 933 g/mol. The van der Waals surface area contributed by atoms with E-state index in [4.69, 9.17) is 43.0 Å². The van der Waals surface area contributed by atoms with Crippen LogP contribution in [-0.4, -0.2) is 183 Å². The van der Waals surface area contributed by atoms with Crippen LogP contribution < -0.4 is 0 Å². The molecule has 3 rings (SSSR count). The number of aliphatic carboxylic acids is 1. The van der Waals surface area contributed by atoms with Gasteiger partial charge in [-0.3, -0.25) is 14.4 Å². The maximum absolute atomic E-state index is 12.5. The van der Waals surface area contributed by atoms with Crippen LogP contribution in [0.3, 0.4) is 0 Å². The quantitative estimate of drug-likeness (QED) is 0.0249. The van der Waals surface area contributed by atoms with Crippen molar-refractivity contribution in [1.29, 1.82) is 0 Å². The molecule has 3 saturated heterocycles. The average Bonchev–Trinajstić information content (AvgIpc) is 3.32. The van der Waals surface area contributed by atoms with Crippen LogP contribution in [0.15, 0.2) is 0 Å². The molecule has 71 heavy (non-hydrogen) atoms. The number of ketones is 2. The van der Waals surface area contributed by atoms with Gasteiger partial charge in [-0.2, -0.15) is 0 Å². The average molecular weight is 1020 g/mol. The van der Waals surface area contributed by atoms with Crippen molar-refractivity contribution in [2.24, 2.45) is 11.8 Å². The van der Waals surface area contributed by atoms with Gasteiger partial charge in [0.25, 0.3) is 0 Å². The fourth-order valence-corrected chi connectivity index (χ4v) is 9.12. The maximum atomic E-state index is 12.5. The molecule has 3 heterocycles. The number of ether oxygens (including phenoxy) is 8. The van der Waals surface area contributed by atoms with Crippen molar-refractivity contribution in [3.8, 4) is 0 Å². The zero-order valence-electron chi connectivity index (χ0n) is 43.0. The summed E-state index contributed by atoms with van der Waals surface area (Å²) in [6.07, 6.45) is -2.63. The number of carboxylic acid groups (broad SMARTS) is 1. The number of aliphatic hydroxyl groups excluding tert-OH is 7. The predicted octanol–water partition coefficient (Wildman–Crippen LogP) is 3.78. The molecule has 8 N–H and O–H groups in total. The number of aliphatic hydroxyl groups is 7. The molecule has 0 aromatic carbocycles. The summed E-state index contributed by atoms with van der Waals surface area (Å²) in [5, 5.41) is 85.7.